The van der Waals surface area contributed by atoms with Crippen LogP contribution in [0, 0.1) is 6.92 Å². The lowest BCUT2D eigenvalue weighted by Crippen LogP contribution is -1.89. The summed E-state index contributed by atoms with van der Waals surface area (Å²) in [7, 11) is 1.83. The van der Waals surface area contributed by atoms with E-state index in [1.54, 1.807) is 16.4 Å². The zero-order valence-electron chi connectivity index (χ0n) is 8.36. The summed E-state index contributed by atoms with van der Waals surface area (Å²) >= 11 is 7.65. The van der Waals surface area contributed by atoms with Crippen molar-refractivity contribution in [3.8, 4) is 0 Å². The van der Waals surface area contributed by atoms with E-state index in [1.807, 2.05) is 14.0 Å². The number of rotatable bonds is 3. The number of nitrogens with one attached hydrogen (secondary N) is 1. The second kappa shape index (κ2) is 4.24. The molecule has 0 bridgehead atoms. The quantitative estimate of drug-likeness (QED) is 0.835. The van der Waals surface area contributed by atoms with Gasteiger partial charge >= 0.3 is 0 Å². The van der Waals surface area contributed by atoms with E-state index in [1.165, 1.54) is 6.33 Å². The van der Waals surface area contributed by atoms with E-state index in [9.17, 15) is 0 Å². The lowest BCUT2D eigenvalue weighted by Gasteiger charge is -1.97. The molecule has 0 aliphatic heterocycles. The lowest BCUT2D eigenvalue weighted by atomic mass is 10.3. The molecule has 7 heteroatoms. The van der Waals surface area contributed by atoms with Gasteiger partial charge in [-0.05, 0) is 6.92 Å². The molecule has 2 rings (SSSR count). The summed E-state index contributed by atoms with van der Waals surface area (Å²) in [6, 6.07) is 0. The maximum Gasteiger partial charge on any atom is 0.183 e. The summed E-state index contributed by atoms with van der Waals surface area (Å²) in [5.74, 6) is 0.744. The molecule has 0 aliphatic rings. The van der Waals surface area contributed by atoms with Crippen molar-refractivity contribution in [1.29, 1.82) is 0 Å². The predicted molar refractivity (Wildman–Crippen MR) is 58.9 cm³/mol. The smallest absolute Gasteiger partial charge is 0.183 e. The highest BCUT2D eigenvalue weighted by Gasteiger charge is 2.11. The second-order valence-electron chi connectivity index (χ2n) is 3.06. The summed E-state index contributed by atoms with van der Waals surface area (Å²) in [5, 5.41) is 12.3. The molecule has 0 saturated carbocycles. The van der Waals surface area contributed by atoms with Crippen LogP contribution in [0.5, 0.6) is 0 Å². The van der Waals surface area contributed by atoms with Gasteiger partial charge in [-0.1, -0.05) is 23.4 Å². The van der Waals surface area contributed by atoms with Crippen molar-refractivity contribution in [3.05, 3.63) is 22.7 Å². The van der Waals surface area contributed by atoms with Crippen molar-refractivity contribution in [1.82, 2.24) is 25.0 Å². The number of nitrogens with zero attached hydrogens (tertiary/aromatic N) is 4. The third-order valence-corrected chi connectivity index (χ3v) is 3.39. The molecular formula is C8H10ClN5S. The molecule has 0 aliphatic carbocycles. The topological polar surface area (TPSA) is 59.4 Å². The van der Waals surface area contributed by atoms with E-state index in [0.29, 0.717) is 5.15 Å². The molecule has 2 aromatic rings. The first kappa shape index (κ1) is 10.5. The number of aromatic amines is 1. The van der Waals surface area contributed by atoms with Gasteiger partial charge in [0.1, 0.15) is 11.5 Å². The van der Waals surface area contributed by atoms with Crippen molar-refractivity contribution in [2.24, 2.45) is 7.05 Å². The van der Waals surface area contributed by atoms with Crippen LogP contribution >= 0.6 is 23.4 Å². The van der Waals surface area contributed by atoms with Crippen LogP contribution in [-0.4, -0.2) is 25.0 Å². The molecule has 2 heterocycles. The zero-order chi connectivity index (χ0) is 10.8. The van der Waals surface area contributed by atoms with Gasteiger partial charge in [0.05, 0.1) is 5.69 Å². The number of H-pyrrole nitrogens is 1. The number of hydrogen-bond donors (Lipinski definition) is 1. The highest BCUT2D eigenvalue weighted by atomic mass is 35.5. The molecule has 0 amide bonds. The second-order valence-corrected chi connectivity index (χ2v) is 4.38. The minimum Gasteiger partial charge on any atom is -0.257 e. The SMILES string of the molecule is Cc1nn(C)c(Cl)c1CSc1ncn[nH]1. The summed E-state index contributed by atoms with van der Waals surface area (Å²) in [6.07, 6.45) is 1.49. The molecule has 1 N–H and O–H groups in total. The highest BCUT2D eigenvalue weighted by Crippen LogP contribution is 2.26. The number of aryl methyl sites for hydroxylation is 2. The molecule has 0 unspecified atom stereocenters. The van der Waals surface area contributed by atoms with Gasteiger partial charge in [0.15, 0.2) is 5.16 Å². The average Bonchev–Trinajstić information content (AvgIpc) is 2.76. The van der Waals surface area contributed by atoms with Crippen LogP contribution in [0.15, 0.2) is 11.5 Å². The number of halogens is 1. The van der Waals surface area contributed by atoms with Crippen LogP contribution in [0.3, 0.4) is 0 Å². The maximum atomic E-state index is 6.10. The Hall–Kier alpha value is -1.01. The largest absolute Gasteiger partial charge is 0.257 e. The van der Waals surface area contributed by atoms with Crippen LogP contribution in [-0.2, 0) is 12.8 Å². The van der Waals surface area contributed by atoms with Crippen LogP contribution in [0.4, 0.5) is 0 Å². The fourth-order valence-corrected chi connectivity index (χ4v) is 2.43. The number of hydrogen-bond acceptors (Lipinski definition) is 4. The van der Waals surface area contributed by atoms with E-state index >= 15 is 0 Å². The van der Waals surface area contributed by atoms with E-state index in [2.05, 4.69) is 20.3 Å². The van der Waals surface area contributed by atoms with E-state index < -0.39 is 0 Å². The maximum absolute atomic E-state index is 6.10. The number of aromatic nitrogens is 5. The Morgan fingerprint density at radius 3 is 2.93 bits per heavy atom. The molecule has 0 fully saturated rings. The third kappa shape index (κ3) is 2.15. The standard InChI is InChI=1S/C8H10ClN5S/c1-5-6(7(9)14(2)13-5)3-15-8-10-4-11-12-8/h4H,3H2,1-2H3,(H,10,11,12). The van der Waals surface area contributed by atoms with Gasteiger partial charge in [-0.25, -0.2) is 4.98 Å². The highest BCUT2D eigenvalue weighted by molar-refractivity contribution is 7.98. The van der Waals surface area contributed by atoms with Gasteiger partial charge < -0.3 is 0 Å². The van der Waals surface area contributed by atoms with Crippen molar-refractivity contribution in [2.75, 3.05) is 0 Å². The number of thioether (sulfide) groups is 1. The van der Waals surface area contributed by atoms with Crippen molar-refractivity contribution in [3.63, 3.8) is 0 Å². The average molecular weight is 244 g/mol. The van der Waals surface area contributed by atoms with Crippen molar-refractivity contribution >= 4 is 23.4 Å². The summed E-state index contributed by atoms with van der Waals surface area (Å²) in [6.45, 7) is 1.95. The fraction of sp³-hybridized carbons (Fsp3) is 0.375. The Balaban J connectivity index is 2.11. The molecule has 0 atom stereocenters. The van der Waals surface area contributed by atoms with Gasteiger partial charge in [0.2, 0.25) is 0 Å². The van der Waals surface area contributed by atoms with E-state index in [4.69, 9.17) is 11.6 Å². The van der Waals surface area contributed by atoms with Gasteiger partial charge in [-0.2, -0.15) is 10.2 Å². The van der Waals surface area contributed by atoms with Crippen LogP contribution < -0.4 is 0 Å². The van der Waals surface area contributed by atoms with Gasteiger partial charge in [-0.3, -0.25) is 9.78 Å². The van der Waals surface area contributed by atoms with Crippen LogP contribution in [0.1, 0.15) is 11.3 Å². The Kier molecular flexibility index (Phi) is 2.97. The third-order valence-electron chi connectivity index (χ3n) is 2.02. The first-order valence-electron chi connectivity index (χ1n) is 4.34. The van der Waals surface area contributed by atoms with Gasteiger partial charge in [0.25, 0.3) is 0 Å². The molecule has 2 aromatic heterocycles. The van der Waals surface area contributed by atoms with Crippen molar-refractivity contribution < 1.29 is 0 Å². The first-order chi connectivity index (χ1) is 7.18. The Morgan fingerprint density at radius 2 is 2.40 bits per heavy atom. The monoisotopic (exact) mass is 243 g/mol. The summed E-state index contributed by atoms with van der Waals surface area (Å²) in [4.78, 5) is 4.02. The van der Waals surface area contributed by atoms with E-state index in [0.717, 1.165) is 22.2 Å². The predicted octanol–water partition coefficient (Wildman–Crippen LogP) is 1.79. The van der Waals surface area contributed by atoms with Crippen LogP contribution in [0.25, 0.3) is 0 Å². The minimum atomic E-state index is 0.680. The Morgan fingerprint density at radius 1 is 1.60 bits per heavy atom. The molecule has 0 spiro atoms. The molecule has 0 radical (unpaired) electrons. The summed E-state index contributed by atoms with van der Waals surface area (Å²) in [5.41, 5.74) is 2.00. The van der Waals surface area contributed by atoms with Crippen LogP contribution in [0.2, 0.25) is 5.15 Å². The molecule has 80 valence electrons. The van der Waals surface area contributed by atoms with Gasteiger partial charge in [0, 0.05) is 18.4 Å². The molecular weight excluding hydrogens is 234 g/mol. The molecule has 5 nitrogen and oxygen atoms in total. The molecule has 0 saturated heterocycles. The fourth-order valence-electron chi connectivity index (χ4n) is 1.24. The normalized spacial score (nSPS) is 10.9. The van der Waals surface area contributed by atoms with Crippen molar-refractivity contribution in [2.45, 2.75) is 17.8 Å². The molecule has 15 heavy (non-hydrogen) atoms. The zero-order valence-corrected chi connectivity index (χ0v) is 9.93. The minimum absolute atomic E-state index is 0.680. The Bertz CT molecular complexity index is 450. The molecule has 0 aromatic carbocycles. The first-order valence-corrected chi connectivity index (χ1v) is 5.71. The lowest BCUT2D eigenvalue weighted by molar-refractivity contribution is 0.757. The van der Waals surface area contributed by atoms with E-state index in [-0.39, 0.29) is 0 Å². The summed E-state index contributed by atoms with van der Waals surface area (Å²) < 4.78 is 1.67. The van der Waals surface area contributed by atoms with Gasteiger partial charge in [-0.15, -0.1) is 0 Å². The Labute approximate surface area is 96.2 Å².